The topological polar surface area (TPSA) is 173 Å². The molecule has 4 N–H and O–H groups in total. The number of ether oxygens (including phenoxy) is 1. The molecule has 1 atom stereocenters. The maximum Gasteiger partial charge on any atom is 0.414 e. The van der Waals surface area contributed by atoms with Gasteiger partial charge in [0.1, 0.15) is 23.5 Å². The summed E-state index contributed by atoms with van der Waals surface area (Å²) in [6.45, 7) is 2.67. The molecular weight excluding hydrogens is 500 g/mol. The van der Waals surface area contributed by atoms with Crippen LogP contribution in [0, 0.1) is 12.3 Å². The standard InChI is InChI=1S/C23H30N8O5S/c1-15-12-25-19-18(15)20(27-14-26-19)30-9-7-23(8-10-30,13-31(24)37(34)35)21(32)28-16-5-4-6-17(11-16)36-22(33)29(2)3/h4-6,11-12,14H,7-10,13,24H2,1-3H3,(H,28,32)(H,34,35)(H,25,26,27)/p-1. The second kappa shape index (κ2) is 10.8. The van der Waals surface area contributed by atoms with Crippen LogP contribution in [0.4, 0.5) is 16.3 Å². The fourth-order valence-electron chi connectivity index (χ4n) is 4.39. The molecule has 0 saturated carbocycles. The number of nitrogens with two attached hydrogens (primary N) is 1. The molecule has 1 aliphatic rings. The van der Waals surface area contributed by atoms with Crippen LogP contribution >= 0.6 is 0 Å². The van der Waals surface area contributed by atoms with E-state index in [4.69, 9.17) is 10.6 Å². The van der Waals surface area contributed by atoms with Gasteiger partial charge in [0.25, 0.3) is 0 Å². The van der Waals surface area contributed by atoms with Gasteiger partial charge < -0.3 is 29.4 Å². The number of H-pyrrole nitrogens is 1. The number of fused-ring (bicyclic) bond motifs is 1. The van der Waals surface area contributed by atoms with Crippen molar-refractivity contribution in [3.05, 3.63) is 42.4 Å². The lowest BCUT2D eigenvalue weighted by atomic mass is 9.77. The molecule has 0 bridgehead atoms. The Balaban J connectivity index is 1.55. The van der Waals surface area contributed by atoms with Gasteiger partial charge in [0, 0.05) is 62.9 Å². The lowest BCUT2D eigenvalue weighted by molar-refractivity contribution is -0.127. The highest BCUT2D eigenvalue weighted by atomic mass is 32.2. The fraction of sp³-hybridized carbons (Fsp3) is 0.391. The first-order valence-electron chi connectivity index (χ1n) is 11.6. The highest BCUT2D eigenvalue weighted by molar-refractivity contribution is 7.76. The molecular formula is C23H29N8O5S-. The van der Waals surface area contributed by atoms with Crippen LogP contribution in [-0.4, -0.2) is 78.8 Å². The van der Waals surface area contributed by atoms with Crippen molar-refractivity contribution >= 4 is 45.8 Å². The number of nitrogens with zero attached hydrogens (tertiary/aromatic N) is 5. The van der Waals surface area contributed by atoms with E-state index in [1.54, 1.807) is 32.3 Å². The summed E-state index contributed by atoms with van der Waals surface area (Å²) in [6.07, 6.45) is 3.45. The molecule has 1 fully saturated rings. The predicted octanol–water partition coefficient (Wildman–Crippen LogP) is 1.52. The Hall–Kier alpha value is -3.59. The molecule has 1 saturated heterocycles. The summed E-state index contributed by atoms with van der Waals surface area (Å²) < 4.78 is 29.0. The van der Waals surface area contributed by atoms with Crippen molar-refractivity contribution in [1.82, 2.24) is 24.3 Å². The maximum absolute atomic E-state index is 13.6. The number of carbonyl (C=O) groups excluding carboxylic acids is 2. The largest absolute Gasteiger partial charge is 0.759 e. The van der Waals surface area contributed by atoms with Crippen LogP contribution in [0.25, 0.3) is 11.0 Å². The van der Waals surface area contributed by atoms with Crippen molar-refractivity contribution < 1.29 is 23.1 Å². The van der Waals surface area contributed by atoms with Gasteiger partial charge in [-0.05, 0) is 37.5 Å². The Morgan fingerprint density at radius 3 is 2.70 bits per heavy atom. The monoisotopic (exact) mass is 529 g/mol. The quantitative estimate of drug-likeness (QED) is 0.233. The zero-order chi connectivity index (χ0) is 26.7. The second-order valence-corrected chi connectivity index (χ2v) is 10.1. The van der Waals surface area contributed by atoms with Gasteiger partial charge in [-0.25, -0.2) is 14.8 Å². The van der Waals surface area contributed by atoms with Gasteiger partial charge in [0.05, 0.1) is 10.8 Å². The summed E-state index contributed by atoms with van der Waals surface area (Å²) in [5, 5.41) is 3.76. The Morgan fingerprint density at radius 2 is 2.03 bits per heavy atom. The number of aromatic amines is 1. The summed E-state index contributed by atoms with van der Waals surface area (Å²) in [5.41, 5.74) is 1.04. The summed E-state index contributed by atoms with van der Waals surface area (Å²) >= 11 is -2.70. The van der Waals surface area contributed by atoms with E-state index in [1.807, 2.05) is 13.1 Å². The van der Waals surface area contributed by atoms with Crippen molar-refractivity contribution in [2.75, 3.05) is 43.9 Å². The number of nitrogens with one attached hydrogen (secondary N) is 2. The van der Waals surface area contributed by atoms with E-state index < -0.39 is 22.8 Å². The Morgan fingerprint density at radius 1 is 1.30 bits per heavy atom. The first kappa shape index (κ1) is 26.5. The number of benzene rings is 1. The molecule has 4 rings (SSSR count). The third kappa shape index (κ3) is 5.72. The number of rotatable bonds is 7. The summed E-state index contributed by atoms with van der Waals surface area (Å²) in [5.74, 6) is 6.37. The van der Waals surface area contributed by atoms with Crippen molar-refractivity contribution in [2.24, 2.45) is 11.3 Å². The van der Waals surface area contributed by atoms with Crippen LogP contribution in [0.1, 0.15) is 18.4 Å². The zero-order valence-electron chi connectivity index (χ0n) is 20.8. The van der Waals surface area contributed by atoms with Crippen LogP contribution in [0.2, 0.25) is 0 Å². The number of piperidine rings is 1. The summed E-state index contributed by atoms with van der Waals surface area (Å²) in [6, 6.07) is 6.43. The van der Waals surface area contributed by atoms with E-state index in [0.717, 1.165) is 22.4 Å². The van der Waals surface area contributed by atoms with Gasteiger partial charge >= 0.3 is 6.09 Å². The molecule has 2 amide bonds. The number of aryl methyl sites for hydroxylation is 1. The normalized spacial score (nSPS) is 16.0. The van der Waals surface area contributed by atoms with Gasteiger partial charge in [-0.2, -0.15) is 4.41 Å². The predicted molar refractivity (Wildman–Crippen MR) is 137 cm³/mol. The summed E-state index contributed by atoms with van der Waals surface area (Å²) in [7, 11) is 3.12. The molecule has 13 nitrogen and oxygen atoms in total. The first-order chi connectivity index (χ1) is 17.6. The summed E-state index contributed by atoms with van der Waals surface area (Å²) in [4.78, 5) is 40.7. The van der Waals surface area contributed by atoms with Crippen molar-refractivity contribution in [2.45, 2.75) is 19.8 Å². The van der Waals surface area contributed by atoms with Crippen LogP contribution < -0.4 is 20.8 Å². The third-order valence-electron chi connectivity index (χ3n) is 6.46. The smallest absolute Gasteiger partial charge is 0.414 e. The Labute approximate surface area is 216 Å². The van der Waals surface area contributed by atoms with E-state index in [1.165, 1.54) is 17.3 Å². The van der Waals surface area contributed by atoms with E-state index in [9.17, 15) is 18.4 Å². The number of hydrazine groups is 1. The molecule has 14 heteroatoms. The minimum Gasteiger partial charge on any atom is -0.759 e. The van der Waals surface area contributed by atoms with Crippen LogP contribution in [-0.2, 0) is 16.1 Å². The zero-order valence-corrected chi connectivity index (χ0v) is 21.6. The van der Waals surface area contributed by atoms with Gasteiger partial charge in [-0.15, -0.1) is 0 Å². The van der Waals surface area contributed by atoms with Crippen molar-refractivity contribution in [3.63, 3.8) is 0 Å². The van der Waals surface area contributed by atoms with Crippen molar-refractivity contribution in [3.8, 4) is 5.75 Å². The van der Waals surface area contributed by atoms with E-state index in [0.29, 0.717) is 36.0 Å². The highest BCUT2D eigenvalue weighted by Gasteiger charge is 2.43. The lowest BCUT2D eigenvalue weighted by Crippen LogP contribution is -2.54. The SMILES string of the molecule is Cc1c[nH]c2ncnc(N3CCC(CN(N)S(=O)[O-])(C(=O)Nc4cccc(OC(=O)N(C)C)c4)CC3)c12. The van der Waals surface area contributed by atoms with Gasteiger partial charge in [0.2, 0.25) is 5.91 Å². The number of amides is 2. The van der Waals surface area contributed by atoms with Crippen LogP contribution in [0.5, 0.6) is 5.75 Å². The van der Waals surface area contributed by atoms with Gasteiger partial charge in [-0.1, -0.05) is 6.07 Å². The molecule has 3 aromatic rings. The fourth-order valence-corrected chi connectivity index (χ4v) is 4.74. The first-order valence-corrected chi connectivity index (χ1v) is 12.6. The number of aromatic nitrogens is 3. The average Bonchev–Trinajstić information content (AvgIpc) is 3.25. The molecule has 37 heavy (non-hydrogen) atoms. The number of carbonyl (C=O) groups is 2. The minimum atomic E-state index is -2.70. The molecule has 3 heterocycles. The molecule has 1 aliphatic heterocycles. The molecule has 1 aromatic carbocycles. The number of hydrogen-bond acceptors (Lipinski definition) is 9. The molecule has 0 radical (unpaired) electrons. The Kier molecular flexibility index (Phi) is 7.73. The van der Waals surface area contributed by atoms with E-state index in [-0.39, 0.29) is 18.2 Å². The molecule has 0 aliphatic carbocycles. The third-order valence-corrected chi connectivity index (χ3v) is 6.97. The average molecular weight is 530 g/mol. The molecule has 198 valence electrons. The van der Waals surface area contributed by atoms with Gasteiger partial charge in [0.15, 0.2) is 0 Å². The van der Waals surface area contributed by atoms with E-state index >= 15 is 0 Å². The second-order valence-electron chi connectivity index (χ2n) is 9.20. The van der Waals surface area contributed by atoms with Crippen LogP contribution in [0.15, 0.2) is 36.8 Å². The van der Waals surface area contributed by atoms with E-state index in [2.05, 4.69) is 25.2 Å². The minimum absolute atomic E-state index is 0.194. The van der Waals surface area contributed by atoms with Gasteiger partial charge in [-0.3, -0.25) is 14.8 Å². The Bertz CT molecular complexity index is 1320. The molecule has 1 unspecified atom stereocenters. The maximum atomic E-state index is 13.6. The number of hydrogen-bond donors (Lipinski definition) is 3. The number of anilines is 2. The molecule has 2 aromatic heterocycles. The van der Waals surface area contributed by atoms with Crippen LogP contribution in [0.3, 0.4) is 0 Å². The lowest BCUT2D eigenvalue weighted by Gasteiger charge is -2.42. The molecule has 0 spiro atoms. The highest BCUT2D eigenvalue weighted by Crippen LogP contribution is 2.37. The van der Waals surface area contributed by atoms with Crippen molar-refractivity contribution in [1.29, 1.82) is 0 Å².